The fourth-order valence-electron chi connectivity index (χ4n) is 4.14. The second-order valence-corrected chi connectivity index (χ2v) is 10.7. The molecule has 0 spiro atoms. The van der Waals surface area contributed by atoms with E-state index in [0.29, 0.717) is 56.9 Å². The van der Waals surface area contributed by atoms with Crippen LogP contribution in [0.2, 0.25) is 0 Å². The molecule has 2 saturated heterocycles. The SMILES string of the molecule is O=C(c1ccc(-c2cccc(NS(=O)(=O)C3CC3)c2)cc1)N1CCN(C(=O)C2CCO2)CC1. The number of carbonyl (C=O) groups excluding carboxylic acids is 2. The van der Waals surface area contributed by atoms with E-state index in [1.54, 1.807) is 34.1 Å². The van der Waals surface area contributed by atoms with Gasteiger partial charge in [0.2, 0.25) is 10.0 Å². The molecule has 8 nitrogen and oxygen atoms in total. The average Bonchev–Trinajstić information content (AvgIpc) is 3.64. The van der Waals surface area contributed by atoms with Crippen molar-refractivity contribution in [2.45, 2.75) is 30.6 Å². The largest absolute Gasteiger partial charge is 0.368 e. The highest BCUT2D eigenvalue weighted by atomic mass is 32.2. The van der Waals surface area contributed by atoms with Gasteiger partial charge in [-0.3, -0.25) is 14.3 Å². The number of anilines is 1. The van der Waals surface area contributed by atoms with Crippen molar-refractivity contribution < 1.29 is 22.7 Å². The molecule has 9 heteroatoms. The van der Waals surface area contributed by atoms with E-state index in [4.69, 9.17) is 4.74 Å². The van der Waals surface area contributed by atoms with Gasteiger partial charge in [0.1, 0.15) is 6.10 Å². The fourth-order valence-corrected chi connectivity index (χ4v) is 5.52. The summed E-state index contributed by atoms with van der Waals surface area (Å²) in [6, 6.07) is 14.6. The van der Waals surface area contributed by atoms with Gasteiger partial charge in [0.05, 0.1) is 11.9 Å². The van der Waals surface area contributed by atoms with E-state index >= 15 is 0 Å². The number of nitrogens with one attached hydrogen (secondary N) is 1. The second-order valence-electron chi connectivity index (χ2n) is 8.77. The predicted molar refractivity (Wildman–Crippen MR) is 124 cm³/mol. The number of nitrogens with zero attached hydrogens (tertiary/aromatic N) is 2. The highest BCUT2D eigenvalue weighted by Gasteiger charge is 2.36. The minimum atomic E-state index is -3.31. The Morgan fingerprint density at radius 3 is 2.15 bits per heavy atom. The van der Waals surface area contributed by atoms with Gasteiger partial charge in [-0.1, -0.05) is 24.3 Å². The summed E-state index contributed by atoms with van der Waals surface area (Å²) in [5.74, 6) is -0.0289. The number of ether oxygens (including phenoxy) is 1. The lowest BCUT2D eigenvalue weighted by Crippen LogP contribution is -2.54. The molecule has 5 rings (SSSR count). The van der Waals surface area contributed by atoms with Crippen LogP contribution in [0.25, 0.3) is 11.1 Å². The molecule has 3 aliphatic rings. The Morgan fingerprint density at radius 2 is 1.55 bits per heavy atom. The van der Waals surface area contributed by atoms with Gasteiger partial charge in [0.15, 0.2) is 0 Å². The van der Waals surface area contributed by atoms with Gasteiger partial charge >= 0.3 is 0 Å². The summed E-state index contributed by atoms with van der Waals surface area (Å²) < 4.78 is 32.4. The third-order valence-corrected chi connectivity index (χ3v) is 8.27. The molecule has 33 heavy (non-hydrogen) atoms. The minimum Gasteiger partial charge on any atom is -0.368 e. The second kappa shape index (κ2) is 8.79. The molecule has 1 unspecified atom stereocenters. The van der Waals surface area contributed by atoms with Crippen molar-refractivity contribution in [2.24, 2.45) is 0 Å². The molecule has 2 heterocycles. The van der Waals surface area contributed by atoms with Crippen LogP contribution in [0.4, 0.5) is 5.69 Å². The van der Waals surface area contributed by atoms with Crippen LogP contribution in [0.15, 0.2) is 48.5 Å². The first-order valence-electron chi connectivity index (χ1n) is 11.3. The molecule has 0 radical (unpaired) electrons. The summed E-state index contributed by atoms with van der Waals surface area (Å²) in [7, 11) is -3.31. The smallest absolute Gasteiger partial charge is 0.253 e. The zero-order valence-electron chi connectivity index (χ0n) is 18.3. The lowest BCUT2D eigenvalue weighted by atomic mass is 10.0. The van der Waals surface area contributed by atoms with Crippen LogP contribution in [0.5, 0.6) is 0 Å². The average molecular weight is 470 g/mol. The van der Waals surface area contributed by atoms with Gasteiger partial charge in [0.25, 0.3) is 11.8 Å². The summed E-state index contributed by atoms with van der Waals surface area (Å²) in [6.45, 7) is 2.69. The van der Waals surface area contributed by atoms with Crippen LogP contribution in [0, 0.1) is 0 Å². The third kappa shape index (κ3) is 4.74. The summed E-state index contributed by atoms with van der Waals surface area (Å²) >= 11 is 0. The number of amides is 2. The van der Waals surface area contributed by atoms with Crippen molar-refractivity contribution >= 4 is 27.5 Å². The van der Waals surface area contributed by atoms with E-state index in [-0.39, 0.29) is 23.2 Å². The molecule has 1 atom stereocenters. The number of benzene rings is 2. The van der Waals surface area contributed by atoms with Gasteiger partial charge in [-0.15, -0.1) is 0 Å². The molecule has 0 aromatic heterocycles. The maximum Gasteiger partial charge on any atom is 0.253 e. The Hall–Kier alpha value is -2.91. The van der Waals surface area contributed by atoms with Crippen molar-refractivity contribution in [1.29, 1.82) is 0 Å². The maximum absolute atomic E-state index is 12.9. The van der Waals surface area contributed by atoms with Crippen LogP contribution in [-0.4, -0.2) is 74.2 Å². The van der Waals surface area contributed by atoms with Gasteiger partial charge in [-0.2, -0.15) is 0 Å². The van der Waals surface area contributed by atoms with Crippen molar-refractivity contribution in [2.75, 3.05) is 37.5 Å². The van der Waals surface area contributed by atoms with E-state index in [1.807, 2.05) is 24.3 Å². The number of hydrogen-bond donors (Lipinski definition) is 1. The minimum absolute atomic E-state index is 0.0272. The van der Waals surface area contributed by atoms with Crippen molar-refractivity contribution in [3.05, 3.63) is 54.1 Å². The van der Waals surface area contributed by atoms with Gasteiger partial charge < -0.3 is 14.5 Å². The molecule has 174 valence electrons. The number of sulfonamides is 1. The molecule has 3 fully saturated rings. The summed E-state index contributed by atoms with van der Waals surface area (Å²) in [5.41, 5.74) is 2.90. The van der Waals surface area contributed by atoms with E-state index in [1.165, 1.54) is 0 Å². The molecule has 1 saturated carbocycles. The Labute approximate surface area is 193 Å². The highest BCUT2D eigenvalue weighted by Crippen LogP contribution is 2.31. The highest BCUT2D eigenvalue weighted by molar-refractivity contribution is 7.93. The fraction of sp³-hybridized carbons (Fsp3) is 0.417. The molecule has 2 aromatic rings. The molecule has 2 aromatic carbocycles. The first-order valence-corrected chi connectivity index (χ1v) is 12.9. The molecule has 0 bridgehead atoms. The van der Waals surface area contributed by atoms with Crippen LogP contribution in [0.1, 0.15) is 29.6 Å². The predicted octanol–water partition coefficient (Wildman–Crippen LogP) is 2.33. The molecular formula is C24H27N3O5S. The summed E-state index contributed by atoms with van der Waals surface area (Å²) in [5, 5.41) is -0.280. The zero-order chi connectivity index (χ0) is 23.0. The van der Waals surface area contributed by atoms with E-state index in [0.717, 1.165) is 17.5 Å². The quantitative estimate of drug-likeness (QED) is 0.701. The van der Waals surface area contributed by atoms with Crippen molar-refractivity contribution in [3.8, 4) is 11.1 Å². The first kappa shape index (κ1) is 21.9. The number of carbonyl (C=O) groups is 2. The number of rotatable bonds is 6. The Bertz CT molecular complexity index is 1150. The summed E-state index contributed by atoms with van der Waals surface area (Å²) in [6.07, 6.45) is 1.90. The topological polar surface area (TPSA) is 96.0 Å². The van der Waals surface area contributed by atoms with Crippen LogP contribution < -0.4 is 4.72 Å². The zero-order valence-corrected chi connectivity index (χ0v) is 19.1. The van der Waals surface area contributed by atoms with Crippen molar-refractivity contribution in [3.63, 3.8) is 0 Å². The molecule has 2 aliphatic heterocycles. The Morgan fingerprint density at radius 1 is 0.879 bits per heavy atom. The van der Waals surface area contributed by atoms with E-state index in [9.17, 15) is 18.0 Å². The van der Waals surface area contributed by atoms with Crippen molar-refractivity contribution in [1.82, 2.24) is 9.80 Å². The third-order valence-electron chi connectivity index (χ3n) is 6.40. The van der Waals surface area contributed by atoms with Gasteiger partial charge in [-0.25, -0.2) is 8.42 Å². The molecule has 1 N–H and O–H groups in total. The maximum atomic E-state index is 12.9. The van der Waals surface area contributed by atoms with Crippen LogP contribution in [-0.2, 0) is 19.6 Å². The van der Waals surface area contributed by atoms with Crippen LogP contribution >= 0.6 is 0 Å². The number of piperazine rings is 1. The van der Waals surface area contributed by atoms with E-state index < -0.39 is 10.0 Å². The normalized spacial score (nSPS) is 20.8. The van der Waals surface area contributed by atoms with Gasteiger partial charge in [0, 0.05) is 43.9 Å². The Balaban J connectivity index is 1.21. The first-order chi connectivity index (χ1) is 15.9. The van der Waals surface area contributed by atoms with E-state index in [2.05, 4.69) is 4.72 Å². The molecular weight excluding hydrogens is 442 g/mol. The lowest BCUT2D eigenvalue weighted by Gasteiger charge is -2.38. The summed E-state index contributed by atoms with van der Waals surface area (Å²) in [4.78, 5) is 28.8. The van der Waals surface area contributed by atoms with Gasteiger partial charge in [-0.05, 0) is 48.2 Å². The van der Waals surface area contributed by atoms with Crippen LogP contribution in [0.3, 0.4) is 0 Å². The number of hydrogen-bond acceptors (Lipinski definition) is 5. The standard InChI is InChI=1S/C24H27N3O5S/c28-23(26-11-13-27(14-12-26)24(29)22-10-15-32-22)18-6-4-17(5-7-18)19-2-1-3-20(16-19)25-33(30,31)21-8-9-21/h1-7,16,21-22,25H,8-15H2. The molecule has 2 amide bonds. The molecule has 1 aliphatic carbocycles. The lowest BCUT2D eigenvalue weighted by molar-refractivity contribution is -0.157. The Kier molecular flexibility index (Phi) is 5.84. The monoisotopic (exact) mass is 469 g/mol.